The third-order valence-electron chi connectivity index (χ3n) is 2.55. The topological polar surface area (TPSA) is 57.5 Å². The van der Waals surface area contributed by atoms with Crippen molar-refractivity contribution < 1.29 is 19.4 Å². The monoisotopic (exact) mass is 212 g/mol. The van der Waals surface area contributed by atoms with Crippen molar-refractivity contribution in [2.75, 3.05) is 0 Å². The average Bonchev–Trinajstić information content (AvgIpc) is 2.19. The second-order valence-electron chi connectivity index (χ2n) is 3.63. The fraction of sp³-hybridized carbons (Fsp3) is 0.364. The van der Waals surface area contributed by atoms with E-state index in [-0.39, 0.29) is 11.1 Å². The summed E-state index contributed by atoms with van der Waals surface area (Å²) in [6.45, 7) is 4.50. The minimum absolute atomic E-state index is 0.251. The molecule has 15 heavy (non-hydrogen) atoms. The van der Waals surface area contributed by atoms with E-state index in [1.807, 2.05) is 0 Å². The summed E-state index contributed by atoms with van der Waals surface area (Å²) in [5.74, 6) is -2.90. The number of carbonyl (C=O) groups is 1. The number of hydrogen-bond donors (Lipinski definition) is 2. The maximum atomic E-state index is 13.2. The molecule has 0 radical (unpaired) electrons. The van der Waals surface area contributed by atoms with Gasteiger partial charge in [0.1, 0.15) is 0 Å². The van der Waals surface area contributed by atoms with Crippen molar-refractivity contribution in [1.29, 1.82) is 0 Å². The largest absolute Gasteiger partial charge is 0.505 e. The van der Waals surface area contributed by atoms with Crippen LogP contribution in [-0.2, 0) is 4.79 Å². The molecule has 0 aromatic heterocycles. The lowest BCUT2D eigenvalue weighted by molar-refractivity contribution is -0.138. The maximum Gasteiger partial charge on any atom is 0.310 e. The van der Waals surface area contributed by atoms with Gasteiger partial charge in [-0.2, -0.15) is 0 Å². The van der Waals surface area contributed by atoms with Gasteiger partial charge in [0.25, 0.3) is 0 Å². The lowest BCUT2D eigenvalue weighted by Gasteiger charge is -2.13. The number of aryl methyl sites for hydroxylation is 1. The summed E-state index contributed by atoms with van der Waals surface area (Å²) in [5, 5.41) is 18.3. The number of halogens is 1. The SMILES string of the molecule is Cc1cc(C(C)C(=O)O)c(C)c(O)c1F. The van der Waals surface area contributed by atoms with Gasteiger partial charge in [-0.25, -0.2) is 4.39 Å². The predicted molar refractivity (Wildman–Crippen MR) is 53.6 cm³/mol. The number of benzene rings is 1. The molecule has 1 rings (SSSR count). The van der Waals surface area contributed by atoms with Gasteiger partial charge in [0, 0.05) is 0 Å². The number of carboxylic acid groups (broad SMARTS) is 1. The standard InChI is InChI=1S/C11H13FO3/c1-5-4-8(7(3)11(14)15)6(2)10(13)9(5)12/h4,7,13H,1-3H3,(H,14,15). The van der Waals surface area contributed by atoms with E-state index in [1.54, 1.807) is 0 Å². The normalized spacial score (nSPS) is 12.5. The molecule has 0 fully saturated rings. The van der Waals surface area contributed by atoms with Crippen LogP contribution in [-0.4, -0.2) is 16.2 Å². The van der Waals surface area contributed by atoms with E-state index in [9.17, 15) is 14.3 Å². The fourth-order valence-electron chi connectivity index (χ4n) is 1.48. The highest BCUT2D eigenvalue weighted by Crippen LogP contribution is 2.31. The fourth-order valence-corrected chi connectivity index (χ4v) is 1.48. The van der Waals surface area contributed by atoms with Gasteiger partial charge in [-0.3, -0.25) is 4.79 Å². The lowest BCUT2D eigenvalue weighted by Crippen LogP contribution is -2.10. The van der Waals surface area contributed by atoms with Crippen molar-refractivity contribution in [2.24, 2.45) is 0 Å². The Morgan fingerprint density at radius 1 is 1.47 bits per heavy atom. The van der Waals surface area contributed by atoms with E-state index < -0.39 is 23.5 Å². The molecule has 0 aliphatic heterocycles. The molecule has 0 saturated heterocycles. The van der Waals surface area contributed by atoms with Gasteiger partial charge in [-0.1, -0.05) is 6.07 Å². The summed E-state index contributed by atoms with van der Waals surface area (Å²) in [6, 6.07) is 1.46. The second kappa shape index (κ2) is 3.88. The first kappa shape index (κ1) is 11.5. The zero-order chi connectivity index (χ0) is 11.7. The summed E-state index contributed by atoms with van der Waals surface area (Å²) in [6.07, 6.45) is 0. The van der Waals surface area contributed by atoms with Gasteiger partial charge in [-0.05, 0) is 37.5 Å². The number of hydrogen-bond acceptors (Lipinski definition) is 2. The lowest BCUT2D eigenvalue weighted by atomic mass is 9.93. The Kier molecular flexibility index (Phi) is 2.98. The van der Waals surface area contributed by atoms with E-state index in [0.717, 1.165) is 0 Å². The molecule has 0 saturated carbocycles. The van der Waals surface area contributed by atoms with Crippen molar-refractivity contribution >= 4 is 5.97 Å². The molecule has 3 nitrogen and oxygen atoms in total. The van der Waals surface area contributed by atoms with E-state index in [0.29, 0.717) is 5.56 Å². The molecule has 0 aliphatic carbocycles. The number of aromatic hydroxyl groups is 1. The zero-order valence-corrected chi connectivity index (χ0v) is 8.84. The second-order valence-corrected chi connectivity index (χ2v) is 3.63. The molecule has 0 aliphatic rings. The molecule has 0 amide bonds. The average molecular weight is 212 g/mol. The van der Waals surface area contributed by atoms with Crippen LogP contribution >= 0.6 is 0 Å². The molecule has 1 aromatic carbocycles. The van der Waals surface area contributed by atoms with Crippen LogP contribution in [0.25, 0.3) is 0 Å². The third kappa shape index (κ3) is 1.93. The molecule has 0 spiro atoms. The molecule has 1 atom stereocenters. The maximum absolute atomic E-state index is 13.2. The van der Waals surface area contributed by atoms with Crippen LogP contribution in [0.4, 0.5) is 4.39 Å². The van der Waals surface area contributed by atoms with Crippen LogP contribution in [0.3, 0.4) is 0 Å². The number of carboxylic acids is 1. The van der Waals surface area contributed by atoms with Gasteiger partial charge >= 0.3 is 5.97 Å². The van der Waals surface area contributed by atoms with E-state index in [1.165, 1.54) is 26.8 Å². The minimum Gasteiger partial charge on any atom is -0.505 e. The Balaban J connectivity index is 3.38. The van der Waals surface area contributed by atoms with Crippen molar-refractivity contribution in [3.05, 3.63) is 28.6 Å². The molecule has 1 unspecified atom stereocenters. The summed E-state index contributed by atoms with van der Waals surface area (Å²) >= 11 is 0. The van der Waals surface area contributed by atoms with Gasteiger partial charge in [0.05, 0.1) is 5.92 Å². The molecule has 0 bridgehead atoms. The smallest absolute Gasteiger partial charge is 0.310 e. The summed E-state index contributed by atoms with van der Waals surface area (Å²) in [7, 11) is 0. The Morgan fingerprint density at radius 2 is 2.00 bits per heavy atom. The summed E-state index contributed by atoms with van der Waals surface area (Å²) < 4.78 is 13.2. The van der Waals surface area contributed by atoms with Crippen molar-refractivity contribution in [3.63, 3.8) is 0 Å². The molecule has 2 N–H and O–H groups in total. The van der Waals surface area contributed by atoms with E-state index in [4.69, 9.17) is 5.11 Å². The summed E-state index contributed by atoms with van der Waals surface area (Å²) in [5.41, 5.74) is 0.980. The number of phenols is 1. The first-order valence-electron chi connectivity index (χ1n) is 4.57. The molecule has 0 heterocycles. The first-order chi connectivity index (χ1) is 6.86. The Bertz CT molecular complexity index is 413. The van der Waals surface area contributed by atoms with E-state index in [2.05, 4.69) is 0 Å². The minimum atomic E-state index is -0.997. The first-order valence-corrected chi connectivity index (χ1v) is 4.57. The van der Waals surface area contributed by atoms with Crippen LogP contribution in [0.2, 0.25) is 0 Å². The zero-order valence-electron chi connectivity index (χ0n) is 8.84. The van der Waals surface area contributed by atoms with Crippen LogP contribution in [0.5, 0.6) is 5.75 Å². The van der Waals surface area contributed by atoms with Gasteiger partial charge < -0.3 is 10.2 Å². The number of aliphatic carboxylic acids is 1. The Morgan fingerprint density at radius 3 is 2.47 bits per heavy atom. The van der Waals surface area contributed by atoms with Crippen LogP contribution in [0.15, 0.2) is 6.07 Å². The molecule has 82 valence electrons. The van der Waals surface area contributed by atoms with Crippen molar-refractivity contribution in [1.82, 2.24) is 0 Å². The van der Waals surface area contributed by atoms with Crippen LogP contribution in [0.1, 0.15) is 29.5 Å². The predicted octanol–water partition coefficient (Wildman–Crippen LogP) is 2.34. The number of phenolic OH excluding ortho intramolecular Hbond substituents is 1. The highest BCUT2D eigenvalue weighted by Gasteiger charge is 2.20. The molecule has 1 aromatic rings. The Labute approximate surface area is 87.2 Å². The van der Waals surface area contributed by atoms with Gasteiger partial charge in [0.2, 0.25) is 0 Å². The molecular weight excluding hydrogens is 199 g/mol. The van der Waals surface area contributed by atoms with Crippen molar-refractivity contribution in [3.8, 4) is 5.75 Å². The Hall–Kier alpha value is -1.58. The highest BCUT2D eigenvalue weighted by molar-refractivity contribution is 5.76. The quantitative estimate of drug-likeness (QED) is 0.791. The third-order valence-corrected chi connectivity index (χ3v) is 2.55. The number of rotatable bonds is 2. The van der Waals surface area contributed by atoms with E-state index >= 15 is 0 Å². The highest BCUT2D eigenvalue weighted by atomic mass is 19.1. The summed E-state index contributed by atoms with van der Waals surface area (Å²) in [4.78, 5) is 10.8. The molecular formula is C11H13FO3. The van der Waals surface area contributed by atoms with Crippen LogP contribution < -0.4 is 0 Å². The van der Waals surface area contributed by atoms with Crippen LogP contribution in [0, 0.1) is 19.7 Å². The van der Waals surface area contributed by atoms with Gasteiger partial charge in [0.15, 0.2) is 11.6 Å². The molecule has 4 heteroatoms. The van der Waals surface area contributed by atoms with Crippen molar-refractivity contribution in [2.45, 2.75) is 26.7 Å². The van der Waals surface area contributed by atoms with Gasteiger partial charge in [-0.15, -0.1) is 0 Å².